The zero-order chi connectivity index (χ0) is 12.2. The van der Waals surface area contributed by atoms with Gasteiger partial charge >= 0.3 is 0 Å². The second-order valence-corrected chi connectivity index (χ2v) is 4.64. The molecule has 1 aliphatic heterocycles. The minimum Gasteiger partial charge on any atom is -0.412 e. The normalized spacial score (nSPS) is 21.8. The fourth-order valence-corrected chi connectivity index (χ4v) is 2.01. The van der Waals surface area contributed by atoms with Crippen molar-refractivity contribution < 1.29 is 10.6 Å². The quantitative estimate of drug-likeness (QED) is 0.393. The molecular formula is C12H30N4O2. The zero-order valence-electron chi connectivity index (χ0n) is 11.3. The molecule has 0 bridgehead atoms. The van der Waals surface area contributed by atoms with E-state index in [-0.39, 0.29) is 12.1 Å². The fraction of sp³-hybridized carbons (Fsp3) is 1.00. The molecule has 0 saturated carbocycles. The highest BCUT2D eigenvalue weighted by molar-refractivity contribution is 4.67. The fourth-order valence-electron chi connectivity index (χ4n) is 2.01. The lowest BCUT2D eigenvalue weighted by atomic mass is 10.1. The summed E-state index contributed by atoms with van der Waals surface area (Å²) in [5.74, 6) is 0.531. The third-order valence-corrected chi connectivity index (χ3v) is 3.07. The van der Waals surface area contributed by atoms with E-state index in [1.807, 2.05) is 0 Å². The number of rotatable bonds is 2. The Morgan fingerprint density at radius 1 is 0.778 bits per heavy atom. The number of hydrogen-bond acceptors (Lipinski definition) is 5. The summed E-state index contributed by atoms with van der Waals surface area (Å²) in [4.78, 5) is 0. The number of aliphatic hydroxyl groups excluding tert-OH is 1. The van der Waals surface area contributed by atoms with E-state index in [0.717, 1.165) is 58.8 Å². The van der Waals surface area contributed by atoms with E-state index < -0.39 is 0 Å². The van der Waals surface area contributed by atoms with Crippen LogP contribution in [0.5, 0.6) is 0 Å². The third kappa shape index (κ3) is 9.76. The van der Waals surface area contributed by atoms with Crippen molar-refractivity contribution in [2.24, 2.45) is 5.92 Å². The second-order valence-electron chi connectivity index (χ2n) is 4.64. The second kappa shape index (κ2) is 13.2. The first kappa shape index (κ1) is 17.8. The van der Waals surface area contributed by atoms with Crippen molar-refractivity contribution in [3.63, 3.8) is 0 Å². The SMILES string of the molecule is O.OCCC1CNCCNCCCNCCNC1. The van der Waals surface area contributed by atoms with E-state index in [1.54, 1.807) is 0 Å². The highest BCUT2D eigenvalue weighted by Gasteiger charge is 2.07. The Kier molecular flexibility index (Phi) is 13.0. The monoisotopic (exact) mass is 262 g/mol. The van der Waals surface area contributed by atoms with E-state index in [1.165, 1.54) is 6.42 Å². The van der Waals surface area contributed by atoms with Gasteiger partial charge in [0.05, 0.1) is 0 Å². The molecule has 1 aliphatic rings. The number of aliphatic hydroxyl groups is 1. The molecule has 0 aromatic heterocycles. The molecule has 6 nitrogen and oxygen atoms in total. The lowest BCUT2D eigenvalue weighted by Crippen LogP contribution is -2.38. The van der Waals surface area contributed by atoms with Crippen molar-refractivity contribution in [1.29, 1.82) is 0 Å². The molecular weight excluding hydrogens is 232 g/mol. The Bertz CT molecular complexity index is 158. The minimum absolute atomic E-state index is 0. The molecule has 1 fully saturated rings. The molecule has 110 valence electrons. The van der Waals surface area contributed by atoms with Gasteiger partial charge in [0.1, 0.15) is 0 Å². The predicted octanol–water partition coefficient (Wildman–Crippen LogP) is -2.08. The summed E-state index contributed by atoms with van der Waals surface area (Å²) in [7, 11) is 0. The molecule has 0 aromatic carbocycles. The summed E-state index contributed by atoms with van der Waals surface area (Å²) in [6.07, 6.45) is 2.06. The molecule has 0 radical (unpaired) electrons. The van der Waals surface area contributed by atoms with Crippen LogP contribution in [0.3, 0.4) is 0 Å². The van der Waals surface area contributed by atoms with E-state index in [9.17, 15) is 0 Å². The molecule has 18 heavy (non-hydrogen) atoms. The molecule has 1 rings (SSSR count). The first-order valence-electron chi connectivity index (χ1n) is 6.87. The average molecular weight is 262 g/mol. The predicted molar refractivity (Wildman–Crippen MR) is 74.9 cm³/mol. The summed E-state index contributed by atoms with van der Waals surface area (Å²) in [6.45, 7) is 8.50. The lowest BCUT2D eigenvalue weighted by molar-refractivity contribution is 0.251. The van der Waals surface area contributed by atoms with Gasteiger partial charge in [-0.25, -0.2) is 0 Å². The Morgan fingerprint density at radius 2 is 1.28 bits per heavy atom. The molecule has 0 unspecified atom stereocenters. The van der Waals surface area contributed by atoms with Gasteiger partial charge in [0.25, 0.3) is 0 Å². The van der Waals surface area contributed by atoms with Gasteiger partial charge in [0.2, 0.25) is 0 Å². The maximum Gasteiger partial charge on any atom is 0.0434 e. The van der Waals surface area contributed by atoms with E-state index in [2.05, 4.69) is 21.3 Å². The van der Waals surface area contributed by atoms with E-state index in [4.69, 9.17) is 5.11 Å². The molecule has 0 aromatic rings. The third-order valence-electron chi connectivity index (χ3n) is 3.07. The van der Waals surface area contributed by atoms with Gasteiger partial charge in [-0.05, 0) is 44.9 Å². The largest absolute Gasteiger partial charge is 0.412 e. The summed E-state index contributed by atoms with van der Waals surface area (Å²) < 4.78 is 0. The molecule has 1 saturated heterocycles. The maximum atomic E-state index is 9.01. The van der Waals surface area contributed by atoms with Crippen LogP contribution in [0.1, 0.15) is 12.8 Å². The van der Waals surface area contributed by atoms with Crippen molar-refractivity contribution in [2.75, 3.05) is 59.0 Å². The Balaban J connectivity index is 0.00000289. The van der Waals surface area contributed by atoms with Crippen LogP contribution in [0.25, 0.3) is 0 Å². The van der Waals surface area contributed by atoms with Crippen LogP contribution in [0.4, 0.5) is 0 Å². The van der Waals surface area contributed by atoms with Gasteiger partial charge < -0.3 is 31.8 Å². The highest BCUT2D eigenvalue weighted by Crippen LogP contribution is 1.98. The van der Waals surface area contributed by atoms with Crippen molar-refractivity contribution in [1.82, 2.24) is 21.3 Å². The molecule has 0 aliphatic carbocycles. The summed E-state index contributed by atoms with van der Waals surface area (Å²) in [5, 5.41) is 22.7. The van der Waals surface area contributed by atoms with Gasteiger partial charge in [0, 0.05) is 32.8 Å². The smallest absolute Gasteiger partial charge is 0.0434 e. The molecule has 7 N–H and O–H groups in total. The van der Waals surface area contributed by atoms with Crippen molar-refractivity contribution in [3.8, 4) is 0 Å². The number of nitrogens with one attached hydrogen (secondary N) is 4. The van der Waals surface area contributed by atoms with Crippen LogP contribution < -0.4 is 21.3 Å². The minimum atomic E-state index is 0. The standard InChI is InChI=1S/C12H28N4O.H2O/c17-9-2-12-10-15-7-5-13-3-1-4-14-6-8-16-11-12;/h12-17H,1-11H2;1H2. The van der Waals surface area contributed by atoms with Gasteiger partial charge in [-0.2, -0.15) is 0 Å². The van der Waals surface area contributed by atoms with Crippen LogP contribution in [0.15, 0.2) is 0 Å². The summed E-state index contributed by atoms with van der Waals surface area (Å²) >= 11 is 0. The first-order valence-corrected chi connectivity index (χ1v) is 6.87. The maximum absolute atomic E-state index is 9.01. The number of hydrogen-bond donors (Lipinski definition) is 5. The van der Waals surface area contributed by atoms with Crippen molar-refractivity contribution in [3.05, 3.63) is 0 Å². The van der Waals surface area contributed by atoms with Gasteiger partial charge in [-0.1, -0.05) is 0 Å². The molecule has 6 heteroatoms. The van der Waals surface area contributed by atoms with Gasteiger partial charge in [-0.15, -0.1) is 0 Å². The molecule has 0 spiro atoms. The van der Waals surface area contributed by atoms with Crippen LogP contribution in [0, 0.1) is 5.92 Å². The summed E-state index contributed by atoms with van der Waals surface area (Å²) in [5.41, 5.74) is 0. The average Bonchev–Trinajstić information content (AvgIpc) is 2.34. The molecule has 0 atom stereocenters. The Hall–Kier alpha value is -0.240. The molecule has 0 amide bonds. The Morgan fingerprint density at radius 3 is 1.78 bits per heavy atom. The van der Waals surface area contributed by atoms with Crippen LogP contribution in [-0.4, -0.2) is 69.5 Å². The lowest BCUT2D eigenvalue weighted by Gasteiger charge is -2.18. The van der Waals surface area contributed by atoms with Crippen LogP contribution in [-0.2, 0) is 0 Å². The van der Waals surface area contributed by atoms with E-state index >= 15 is 0 Å². The first-order chi connectivity index (χ1) is 8.43. The zero-order valence-corrected chi connectivity index (χ0v) is 11.3. The summed E-state index contributed by atoms with van der Waals surface area (Å²) in [6, 6.07) is 0. The molecule has 1 heterocycles. The van der Waals surface area contributed by atoms with Crippen LogP contribution in [0.2, 0.25) is 0 Å². The van der Waals surface area contributed by atoms with Crippen LogP contribution >= 0.6 is 0 Å². The topological polar surface area (TPSA) is 99.9 Å². The highest BCUT2D eigenvalue weighted by atomic mass is 16.3. The van der Waals surface area contributed by atoms with Crippen molar-refractivity contribution >= 4 is 0 Å². The van der Waals surface area contributed by atoms with E-state index in [0.29, 0.717) is 5.92 Å². The van der Waals surface area contributed by atoms with Crippen molar-refractivity contribution in [2.45, 2.75) is 12.8 Å². The Labute approximate surface area is 110 Å². The van der Waals surface area contributed by atoms with Gasteiger partial charge in [-0.3, -0.25) is 0 Å². The van der Waals surface area contributed by atoms with Gasteiger partial charge in [0.15, 0.2) is 0 Å².